The van der Waals surface area contributed by atoms with Crippen molar-refractivity contribution >= 4 is 52.3 Å². The molecule has 0 unspecified atom stereocenters. The van der Waals surface area contributed by atoms with Crippen LogP contribution in [0.15, 0.2) is 63.9 Å². The highest BCUT2D eigenvalue weighted by Gasteiger charge is 2.10. The number of amides is 1. The summed E-state index contributed by atoms with van der Waals surface area (Å²) in [5, 5.41) is 15.8. The molecule has 0 saturated heterocycles. The van der Waals surface area contributed by atoms with Gasteiger partial charge in [0.25, 0.3) is 0 Å². The lowest BCUT2D eigenvalue weighted by Gasteiger charge is -2.13. The zero-order valence-electron chi connectivity index (χ0n) is 15.6. The minimum Gasteiger partial charge on any atom is -0.459 e. The van der Waals surface area contributed by atoms with Gasteiger partial charge < -0.3 is 20.2 Å². The maximum absolute atomic E-state index is 12.2. The number of hydrogen-bond donors (Lipinski definition) is 3. The van der Waals surface area contributed by atoms with Gasteiger partial charge in [-0.2, -0.15) is 0 Å². The number of anilines is 1. The van der Waals surface area contributed by atoms with Crippen LogP contribution in [0, 0.1) is 6.92 Å². The molecule has 1 aromatic heterocycles. The van der Waals surface area contributed by atoms with E-state index in [1.807, 2.05) is 37.3 Å². The molecular formula is C21H19ClN2O3S2. The van der Waals surface area contributed by atoms with Crippen LogP contribution in [0.5, 0.6) is 0 Å². The number of hydrogen-bond acceptors (Lipinski definition) is 5. The number of furan rings is 1. The molecule has 0 radical (unpaired) electrons. The monoisotopic (exact) mass is 446 g/mol. The van der Waals surface area contributed by atoms with Gasteiger partial charge in [-0.25, -0.2) is 0 Å². The largest absolute Gasteiger partial charge is 0.459 e. The Hall–Kier alpha value is -2.32. The molecular weight excluding hydrogens is 428 g/mol. The van der Waals surface area contributed by atoms with Crippen molar-refractivity contribution < 1.29 is 14.3 Å². The number of aryl methyl sites for hydroxylation is 1. The zero-order valence-corrected chi connectivity index (χ0v) is 18.0. The predicted octanol–water partition coefficient (Wildman–Crippen LogP) is 5.01. The van der Waals surface area contributed by atoms with Crippen LogP contribution in [0.2, 0.25) is 5.02 Å². The Bertz CT molecular complexity index is 1020. The molecule has 0 fully saturated rings. The number of benzene rings is 2. The van der Waals surface area contributed by atoms with Gasteiger partial charge in [0.15, 0.2) is 5.11 Å². The second-order valence-corrected chi connectivity index (χ2v) is 8.09. The summed E-state index contributed by atoms with van der Waals surface area (Å²) < 4.78 is 5.57. The number of thiocarbonyl (C=S) groups is 1. The molecule has 0 aliphatic heterocycles. The van der Waals surface area contributed by atoms with Crippen molar-refractivity contribution in [3.63, 3.8) is 0 Å². The lowest BCUT2D eigenvalue weighted by Crippen LogP contribution is -2.35. The molecule has 5 nitrogen and oxygen atoms in total. The van der Waals surface area contributed by atoms with E-state index in [4.69, 9.17) is 33.3 Å². The normalized spacial score (nSPS) is 10.6. The van der Waals surface area contributed by atoms with Crippen molar-refractivity contribution in [3.05, 3.63) is 70.9 Å². The topological polar surface area (TPSA) is 74.5 Å². The van der Waals surface area contributed by atoms with Gasteiger partial charge in [-0.15, -0.1) is 11.8 Å². The first-order valence-corrected chi connectivity index (χ1v) is 10.5. The third-order valence-electron chi connectivity index (χ3n) is 4.02. The van der Waals surface area contributed by atoms with Crippen molar-refractivity contribution in [3.8, 4) is 11.3 Å². The minimum absolute atomic E-state index is 0.152. The number of thioether (sulfide) groups is 1. The highest BCUT2D eigenvalue weighted by Crippen LogP contribution is 2.27. The van der Waals surface area contributed by atoms with Crippen molar-refractivity contribution in [1.82, 2.24) is 5.32 Å². The number of rotatable bonds is 6. The van der Waals surface area contributed by atoms with Crippen molar-refractivity contribution in [2.75, 3.05) is 11.1 Å². The Kier molecular flexibility index (Phi) is 7.33. The van der Waals surface area contributed by atoms with Crippen LogP contribution in [0.4, 0.5) is 5.69 Å². The van der Waals surface area contributed by atoms with Crippen molar-refractivity contribution in [2.45, 2.75) is 18.4 Å². The van der Waals surface area contributed by atoms with Crippen LogP contribution >= 0.6 is 35.6 Å². The summed E-state index contributed by atoms with van der Waals surface area (Å²) in [4.78, 5) is 13.1. The van der Waals surface area contributed by atoms with Gasteiger partial charge in [-0.1, -0.05) is 23.7 Å². The molecule has 1 amide bonds. The smallest absolute Gasteiger partial charge is 0.236 e. The van der Waals surface area contributed by atoms with E-state index in [2.05, 4.69) is 10.6 Å². The number of carbonyl (C=O) groups is 1. The number of halogens is 1. The molecule has 0 aliphatic rings. The van der Waals surface area contributed by atoms with E-state index in [0.717, 1.165) is 21.7 Å². The van der Waals surface area contributed by atoms with E-state index in [9.17, 15) is 4.79 Å². The first-order valence-electron chi connectivity index (χ1n) is 8.74. The van der Waals surface area contributed by atoms with E-state index < -0.39 is 0 Å². The van der Waals surface area contributed by atoms with Crippen molar-refractivity contribution in [2.24, 2.45) is 0 Å². The fraction of sp³-hybridized carbons (Fsp3) is 0.143. The van der Waals surface area contributed by atoms with Gasteiger partial charge >= 0.3 is 0 Å². The first kappa shape index (κ1) is 21.4. The summed E-state index contributed by atoms with van der Waals surface area (Å²) >= 11 is 12.5. The van der Waals surface area contributed by atoms with Gasteiger partial charge in [-0.05, 0) is 67.2 Å². The molecule has 1 heterocycles. The molecule has 0 saturated carbocycles. The highest BCUT2D eigenvalue weighted by atomic mass is 35.5. The lowest BCUT2D eigenvalue weighted by molar-refractivity contribution is -0.117. The van der Waals surface area contributed by atoms with Gasteiger partial charge in [0, 0.05) is 21.2 Å². The predicted molar refractivity (Wildman–Crippen MR) is 121 cm³/mol. The Balaban J connectivity index is 1.58. The Morgan fingerprint density at radius 1 is 1.17 bits per heavy atom. The van der Waals surface area contributed by atoms with Crippen LogP contribution in [-0.2, 0) is 11.4 Å². The summed E-state index contributed by atoms with van der Waals surface area (Å²) in [6, 6.07) is 16.6. The summed E-state index contributed by atoms with van der Waals surface area (Å²) in [6.07, 6.45) is 0. The summed E-state index contributed by atoms with van der Waals surface area (Å²) in [5.74, 6) is 1.18. The van der Waals surface area contributed by atoms with Gasteiger partial charge in [0.05, 0.1) is 5.75 Å². The standard InChI is InChI=1S/C21H19ClN2O3S2/c1-13-2-3-14(19-9-6-16(11-25)27-19)10-18(13)23-21(28)24-20(26)12-29-17-7-4-15(22)5-8-17/h2-10,25H,11-12H2,1H3,(H2,23,24,26,28). The summed E-state index contributed by atoms with van der Waals surface area (Å²) in [5.41, 5.74) is 2.57. The third-order valence-corrected chi connectivity index (χ3v) is 5.49. The quantitative estimate of drug-likeness (QED) is 0.365. The molecule has 150 valence electrons. The maximum atomic E-state index is 12.2. The highest BCUT2D eigenvalue weighted by molar-refractivity contribution is 8.00. The lowest BCUT2D eigenvalue weighted by atomic mass is 10.1. The van der Waals surface area contributed by atoms with E-state index in [1.165, 1.54) is 11.8 Å². The molecule has 0 spiro atoms. The SMILES string of the molecule is Cc1ccc(-c2ccc(CO)o2)cc1NC(=S)NC(=O)CSc1ccc(Cl)cc1. The van der Waals surface area contributed by atoms with E-state index in [1.54, 1.807) is 24.3 Å². The number of aliphatic hydroxyl groups excluding tert-OH is 1. The molecule has 0 aliphatic carbocycles. The molecule has 29 heavy (non-hydrogen) atoms. The molecule has 8 heteroatoms. The number of aliphatic hydroxyl groups is 1. The van der Waals surface area contributed by atoms with Crippen LogP contribution in [0.1, 0.15) is 11.3 Å². The van der Waals surface area contributed by atoms with Gasteiger partial charge in [-0.3, -0.25) is 4.79 Å². The molecule has 0 atom stereocenters. The fourth-order valence-electron chi connectivity index (χ4n) is 2.52. The molecule has 2 aromatic carbocycles. The van der Waals surface area contributed by atoms with E-state index in [-0.39, 0.29) is 23.4 Å². The molecule has 3 rings (SSSR count). The first-order chi connectivity index (χ1) is 13.9. The minimum atomic E-state index is -0.199. The van der Waals surface area contributed by atoms with Crippen molar-refractivity contribution in [1.29, 1.82) is 0 Å². The number of nitrogens with one attached hydrogen (secondary N) is 2. The average Bonchev–Trinajstić information content (AvgIpc) is 3.18. The second-order valence-electron chi connectivity index (χ2n) is 6.20. The molecule has 3 aromatic rings. The Labute approximate surface area is 183 Å². The molecule has 0 bridgehead atoms. The zero-order chi connectivity index (χ0) is 20.8. The number of carbonyl (C=O) groups excluding carboxylic acids is 1. The maximum Gasteiger partial charge on any atom is 0.236 e. The van der Waals surface area contributed by atoms with Crippen LogP contribution < -0.4 is 10.6 Å². The van der Waals surface area contributed by atoms with Crippen LogP contribution in [-0.4, -0.2) is 21.9 Å². The van der Waals surface area contributed by atoms with Gasteiger partial charge in [0.2, 0.25) is 5.91 Å². The summed E-state index contributed by atoms with van der Waals surface area (Å²) in [7, 11) is 0. The second kappa shape index (κ2) is 9.93. The molecule has 3 N–H and O–H groups in total. The fourth-order valence-corrected chi connectivity index (χ4v) is 3.57. The average molecular weight is 447 g/mol. The Morgan fingerprint density at radius 2 is 1.93 bits per heavy atom. The van der Waals surface area contributed by atoms with E-state index in [0.29, 0.717) is 16.5 Å². The van der Waals surface area contributed by atoms with Crippen LogP contribution in [0.3, 0.4) is 0 Å². The van der Waals surface area contributed by atoms with Crippen LogP contribution in [0.25, 0.3) is 11.3 Å². The van der Waals surface area contributed by atoms with E-state index >= 15 is 0 Å². The Morgan fingerprint density at radius 3 is 2.62 bits per heavy atom. The third kappa shape index (κ3) is 6.08. The van der Waals surface area contributed by atoms with Gasteiger partial charge in [0.1, 0.15) is 18.1 Å². The summed E-state index contributed by atoms with van der Waals surface area (Å²) in [6.45, 7) is 1.79.